The van der Waals surface area contributed by atoms with Gasteiger partial charge in [0.25, 0.3) is 11.8 Å². The molecule has 0 radical (unpaired) electrons. The first-order valence-electron chi connectivity index (χ1n) is 12.0. The van der Waals surface area contributed by atoms with E-state index in [2.05, 4.69) is 35.7 Å². The van der Waals surface area contributed by atoms with Gasteiger partial charge in [-0.15, -0.1) is 0 Å². The van der Waals surface area contributed by atoms with Gasteiger partial charge in [0.2, 0.25) is 0 Å². The minimum atomic E-state index is -4.60. The van der Waals surface area contributed by atoms with Gasteiger partial charge in [0.15, 0.2) is 11.3 Å². The summed E-state index contributed by atoms with van der Waals surface area (Å²) < 4.78 is 80.4. The monoisotopic (exact) mass is 574 g/mol. The molecule has 1 unspecified atom stereocenters. The van der Waals surface area contributed by atoms with Crippen molar-refractivity contribution in [1.29, 1.82) is 0 Å². The van der Waals surface area contributed by atoms with Crippen LogP contribution in [-0.4, -0.2) is 80.7 Å². The van der Waals surface area contributed by atoms with E-state index in [0.717, 1.165) is 18.7 Å². The molecule has 218 valence electrons. The van der Waals surface area contributed by atoms with Crippen molar-refractivity contribution in [3.63, 3.8) is 0 Å². The second kappa shape index (κ2) is 10.6. The van der Waals surface area contributed by atoms with Gasteiger partial charge in [-0.1, -0.05) is 19.0 Å². The molecule has 2 N–H and O–H groups in total. The van der Waals surface area contributed by atoms with E-state index in [-0.39, 0.29) is 29.3 Å². The number of alkyl halides is 5. The van der Waals surface area contributed by atoms with Gasteiger partial charge < -0.3 is 20.3 Å². The lowest BCUT2D eigenvalue weighted by Gasteiger charge is -2.38. The highest BCUT2D eigenvalue weighted by molar-refractivity contribution is 5.93. The van der Waals surface area contributed by atoms with Crippen LogP contribution >= 0.6 is 0 Å². The molecule has 3 aromatic heterocycles. The van der Waals surface area contributed by atoms with Crippen LogP contribution < -0.4 is 10.6 Å². The molecular weight excluding hydrogens is 547 g/mol. The number of methoxy groups -OCH3 is 1. The van der Waals surface area contributed by atoms with Gasteiger partial charge in [0.1, 0.15) is 5.69 Å². The third-order valence-electron chi connectivity index (χ3n) is 6.62. The Bertz CT molecular complexity index is 1390. The molecule has 1 aliphatic heterocycles. The Morgan fingerprint density at radius 2 is 2.02 bits per heavy atom. The van der Waals surface area contributed by atoms with Crippen LogP contribution in [0.1, 0.15) is 59.8 Å². The molecule has 17 heteroatoms. The van der Waals surface area contributed by atoms with Crippen molar-refractivity contribution >= 4 is 17.6 Å². The number of imidazole rings is 1. The van der Waals surface area contributed by atoms with E-state index in [0.29, 0.717) is 5.56 Å². The Balaban J connectivity index is 1.70. The number of aryl methyl sites for hydroxylation is 1. The standard InChI is InChI=1S/C23H27F5N8O4/c1-12-18(34-40-33-12)19(37)32-14(6-21(2,3)23(26,27)28)15-8-36-17(31-15)5-13(7-30-36)16(9-39-4)35-11-22(24,25)10-29-20(35)38/h5,7-8,14,16H,6,9-11H2,1-4H3,(H,29,38)(H,32,37)/t14?,16-/m1/s1. The molecule has 4 rings (SSSR count). The summed E-state index contributed by atoms with van der Waals surface area (Å²) in [6, 6.07) is -1.46. The molecular formula is C23H27F5N8O4. The number of urea groups is 1. The van der Waals surface area contributed by atoms with E-state index in [1.165, 1.54) is 37.0 Å². The normalized spacial score (nSPS) is 17.5. The minimum absolute atomic E-state index is 0.0509. The fourth-order valence-corrected chi connectivity index (χ4v) is 4.24. The summed E-state index contributed by atoms with van der Waals surface area (Å²) in [7, 11) is 1.34. The highest BCUT2D eigenvalue weighted by Gasteiger charge is 2.49. The average molecular weight is 575 g/mol. The average Bonchev–Trinajstić information content (AvgIpc) is 3.48. The molecule has 0 saturated carbocycles. The molecule has 1 fully saturated rings. The third-order valence-corrected chi connectivity index (χ3v) is 6.62. The van der Waals surface area contributed by atoms with Gasteiger partial charge in [-0.2, -0.15) is 18.3 Å². The van der Waals surface area contributed by atoms with Gasteiger partial charge in [-0.3, -0.25) is 4.79 Å². The van der Waals surface area contributed by atoms with Crippen molar-refractivity contribution in [2.45, 2.75) is 51.4 Å². The number of halogens is 5. The van der Waals surface area contributed by atoms with Crippen LogP contribution in [0.2, 0.25) is 0 Å². The number of amides is 3. The van der Waals surface area contributed by atoms with Crippen LogP contribution in [0.3, 0.4) is 0 Å². The lowest BCUT2D eigenvalue weighted by Crippen LogP contribution is -2.58. The molecule has 0 aliphatic carbocycles. The smallest absolute Gasteiger partial charge is 0.382 e. The molecule has 4 heterocycles. The van der Waals surface area contributed by atoms with Crippen LogP contribution in [-0.2, 0) is 4.74 Å². The van der Waals surface area contributed by atoms with Crippen molar-refractivity contribution in [2.75, 3.05) is 26.8 Å². The third kappa shape index (κ3) is 5.97. The Morgan fingerprint density at radius 1 is 1.30 bits per heavy atom. The highest BCUT2D eigenvalue weighted by Crippen LogP contribution is 2.43. The Hall–Kier alpha value is -3.89. The number of nitrogens with zero attached hydrogens (tertiary/aromatic N) is 6. The predicted octanol–water partition coefficient (Wildman–Crippen LogP) is 3.22. The van der Waals surface area contributed by atoms with Crippen molar-refractivity contribution in [2.24, 2.45) is 5.41 Å². The molecule has 3 amide bonds. The summed E-state index contributed by atoms with van der Waals surface area (Å²) >= 11 is 0. The van der Waals surface area contributed by atoms with Gasteiger partial charge in [0.05, 0.1) is 55.3 Å². The van der Waals surface area contributed by atoms with E-state index in [1.807, 2.05) is 0 Å². The maximum atomic E-state index is 14.1. The number of hydrogen-bond acceptors (Lipinski definition) is 8. The zero-order valence-corrected chi connectivity index (χ0v) is 21.9. The lowest BCUT2D eigenvalue weighted by molar-refractivity contribution is -0.215. The first kappa shape index (κ1) is 29.1. The molecule has 40 heavy (non-hydrogen) atoms. The van der Waals surface area contributed by atoms with Crippen molar-refractivity contribution in [1.82, 2.24) is 40.4 Å². The Kier molecular flexibility index (Phi) is 7.70. The maximum absolute atomic E-state index is 14.1. The number of rotatable bonds is 9. The van der Waals surface area contributed by atoms with Gasteiger partial charge in [-0.25, -0.2) is 27.7 Å². The summed E-state index contributed by atoms with van der Waals surface area (Å²) in [5.41, 5.74) is -1.79. The number of ether oxygens (including phenoxy) is 1. The molecule has 1 aliphatic rings. The zero-order chi connectivity index (χ0) is 29.5. The maximum Gasteiger partial charge on any atom is 0.394 e. The summed E-state index contributed by atoms with van der Waals surface area (Å²) in [4.78, 5) is 30.5. The number of carbonyl (C=O) groups excluding carboxylic acids is 2. The van der Waals surface area contributed by atoms with E-state index in [1.54, 1.807) is 0 Å². The predicted molar refractivity (Wildman–Crippen MR) is 126 cm³/mol. The molecule has 3 aromatic rings. The SMILES string of the molecule is COC[C@H](c1cnn2cc(C(CC(C)(C)C(F)(F)F)NC(=O)c3nonc3C)nc2c1)N1CC(F)(F)CNC1=O. The fraction of sp³-hybridized carbons (Fsp3) is 0.565. The molecule has 0 bridgehead atoms. The quantitative estimate of drug-likeness (QED) is 0.372. The van der Waals surface area contributed by atoms with Crippen molar-refractivity contribution < 1.29 is 40.9 Å². The number of fused-ring (bicyclic) bond motifs is 1. The number of hydrogen-bond donors (Lipinski definition) is 2. The molecule has 1 saturated heterocycles. The van der Waals surface area contributed by atoms with Crippen LogP contribution in [0.4, 0.5) is 26.7 Å². The van der Waals surface area contributed by atoms with Gasteiger partial charge in [-0.05, 0) is 24.6 Å². The van der Waals surface area contributed by atoms with Crippen LogP contribution in [0.15, 0.2) is 23.1 Å². The van der Waals surface area contributed by atoms with E-state index >= 15 is 0 Å². The van der Waals surface area contributed by atoms with Crippen LogP contribution in [0.5, 0.6) is 0 Å². The summed E-state index contributed by atoms with van der Waals surface area (Å²) in [6.07, 6.45) is -2.52. The number of carbonyl (C=O) groups is 2. The first-order chi connectivity index (χ1) is 18.6. The Labute approximate surface area is 224 Å². The van der Waals surface area contributed by atoms with E-state index in [9.17, 15) is 31.5 Å². The van der Waals surface area contributed by atoms with Crippen LogP contribution in [0, 0.1) is 12.3 Å². The van der Waals surface area contributed by atoms with Gasteiger partial charge >= 0.3 is 12.2 Å². The zero-order valence-electron chi connectivity index (χ0n) is 21.9. The largest absolute Gasteiger partial charge is 0.394 e. The molecule has 12 nitrogen and oxygen atoms in total. The molecule has 0 aromatic carbocycles. The summed E-state index contributed by atoms with van der Waals surface area (Å²) in [5, 5.41) is 15.9. The van der Waals surface area contributed by atoms with E-state index < -0.39 is 61.0 Å². The van der Waals surface area contributed by atoms with Gasteiger partial charge in [0, 0.05) is 12.7 Å². The summed E-state index contributed by atoms with van der Waals surface area (Å²) in [5.74, 6) is -3.99. The number of nitrogens with one attached hydrogen (secondary N) is 2. The lowest BCUT2D eigenvalue weighted by atomic mass is 9.84. The summed E-state index contributed by atoms with van der Waals surface area (Å²) in [6.45, 7) is 1.65. The topological polar surface area (TPSA) is 140 Å². The first-order valence-corrected chi connectivity index (χ1v) is 12.0. The fourth-order valence-electron chi connectivity index (χ4n) is 4.24. The second-order valence-electron chi connectivity index (χ2n) is 10.2. The van der Waals surface area contributed by atoms with E-state index in [4.69, 9.17) is 4.74 Å². The molecule has 0 spiro atoms. The number of aromatic nitrogens is 5. The Morgan fingerprint density at radius 3 is 2.65 bits per heavy atom. The van der Waals surface area contributed by atoms with Crippen LogP contribution in [0.25, 0.3) is 5.65 Å². The van der Waals surface area contributed by atoms with Crippen molar-refractivity contribution in [3.05, 3.63) is 41.1 Å². The molecule has 2 atom stereocenters. The second-order valence-corrected chi connectivity index (χ2v) is 10.2. The van der Waals surface area contributed by atoms with Crippen molar-refractivity contribution in [3.8, 4) is 0 Å². The minimum Gasteiger partial charge on any atom is -0.382 e. The highest BCUT2D eigenvalue weighted by atomic mass is 19.4.